The van der Waals surface area contributed by atoms with Gasteiger partial charge < -0.3 is 5.32 Å². The molecule has 8 nitrogen and oxygen atoms in total. The molecule has 1 aliphatic carbocycles. The van der Waals surface area contributed by atoms with Crippen molar-refractivity contribution < 1.29 is 14.5 Å². The fraction of sp³-hybridized carbons (Fsp3) is 0.370. The molecular formula is C27H30N4O4. The smallest absolute Gasteiger partial charge is 0.295 e. The standard InChI is InChI=1S/C27H30N4O4/c1-17(2)12-20-25-23(14-27(3,4)15-24(25)32)30(29-20)21-11-10-19(13-22(21)31(34)35)26(33)28-16-18-8-6-5-7-9-18/h5-11,13,17H,12,14-16H2,1-4H3,(H,28,33). The van der Waals surface area contributed by atoms with Crippen molar-refractivity contribution in [1.29, 1.82) is 0 Å². The quantitative estimate of drug-likeness (QED) is 0.380. The van der Waals surface area contributed by atoms with E-state index in [1.165, 1.54) is 6.07 Å². The van der Waals surface area contributed by atoms with Gasteiger partial charge in [-0.25, -0.2) is 4.68 Å². The van der Waals surface area contributed by atoms with Crippen LogP contribution >= 0.6 is 0 Å². The summed E-state index contributed by atoms with van der Waals surface area (Å²) in [5.41, 5.74) is 2.85. The molecule has 1 N–H and O–H groups in total. The third kappa shape index (κ3) is 5.16. The molecule has 35 heavy (non-hydrogen) atoms. The van der Waals surface area contributed by atoms with E-state index in [0.29, 0.717) is 42.8 Å². The van der Waals surface area contributed by atoms with Crippen LogP contribution in [0.1, 0.15) is 71.8 Å². The van der Waals surface area contributed by atoms with Crippen LogP contribution in [-0.2, 0) is 19.4 Å². The lowest BCUT2D eigenvalue weighted by atomic mass is 9.75. The maximum absolute atomic E-state index is 13.1. The van der Waals surface area contributed by atoms with Gasteiger partial charge in [0, 0.05) is 24.6 Å². The molecule has 0 atom stereocenters. The SMILES string of the molecule is CC(C)Cc1nn(-c2ccc(C(=O)NCc3ccccc3)cc2[N+](=O)[O-])c2c1C(=O)CC(C)(C)C2. The van der Waals surface area contributed by atoms with E-state index in [1.54, 1.807) is 16.8 Å². The lowest BCUT2D eigenvalue weighted by Gasteiger charge is -2.29. The number of rotatable bonds is 7. The van der Waals surface area contributed by atoms with Gasteiger partial charge in [0.1, 0.15) is 5.69 Å². The van der Waals surface area contributed by atoms with E-state index in [4.69, 9.17) is 5.10 Å². The average Bonchev–Trinajstić information content (AvgIpc) is 3.13. The van der Waals surface area contributed by atoms with E-state index in [-0.39, 0.29) is 34.1 Å². The maximum Gasteiger partial charge on any atom is 0.295 e. The van der Waals surface area contributed by atoms with Crippen LogP contribution in [-0.4, -0.2) is 26.4 Å². The first kappa shape index (κ1) is 24.3. The van der Waals surface area contributed by atoms with Crippen LogP contribution in [0.5, 0.6) is 0 Å². The summed E-state index contributed by atoms with van der Waals surface area (Å²) in [6, 6.07) is 13.8. The molecule has 0 saturated carbocycles. The normalized spacial score (nSPS) is 14.6. The van der Waals surface area contributed by atoms with Gasteiger partial charge in [-0.05, 0) is 41.9 Å². The molecule has 182 valence electrons. The molecule has 4 rings (SSSR count). The molecule has 0 fully saturated rings. The second kappa shape index (κ2) is 9.44. The predicted octanol–water partition coefficient (Wildman–Crippen LogP) is 5.06. The minimum absolute atomic E-state index is 0.0257. The number of amides is 1. The van der Waals surface area contributed by atoms with Gasteiger partial charge in [-0.15, -0.1) is 0 Å². The van der Waals surface area contributed by atoms with Crippen LogP contribution in [0.25, 0.3) is 5.69 Å². The maximum atomic E-state index is 13.1. The average molecular weight is 475 g/mol. The molecule has 1 heterocycles. The molecule has 8 heteroatoms. The van der Waals surface area contributed by atoms with Crippen molar-refractivity contribution in [2.24, 2.45) is 11.3 Å². The van der Waals surface area contributed by atoms with Crippen molar-refractivity contribution in [3.8, 4) is 5.69 Å². The number of aromatic nitrogens is 2. The highest BCUT2D eigenvalue weighted by Crippen LogP contribution is 2.39. The largest absolute Gasteiger partial charge is 0.348 e. The van der Waals surface area contributed by atoms with Gasteiger partial charge >= 0.3 is 0 Å². The van der Waals surface area contributed by atoms with Crippen LogP contribution in [0.4, 0.5) is 5.69 Å². The first-order valence-corrected chi connectivity index (χ1v) is 11.8. The Morgan fingerprint density at radius 2 is 1.89 bits per heavy atom. The molecule has 0 radical (unpaired) electrons. The molecule has 0 unspecified atom stereocenters. The molecule has 0 bridgehead atoms. The van der Waals surface area contributed by atoms with Gasteiger partial charge in [-0.1, -0.05) is 58.0 Å². The number of hydrogen-bond acceptors (Lipinski definition) is 5. The van der Waals surface area contributed by atoms with Gasteiger partial charge in [-0.3, -0.25) is 19.7 Å². The van der Waals surface area contributed by atoms with Gasteiger partial charge in [-0.2, -0.15) is 5.10 Å². The Morgan fingerprint density at radius 1 is 1.17 bits per heavy atom. The summed E-state index contributed by atoms with van der Waals surface area (Å²) in [5, 5.41) is 19.6. The van der Waals surface area contributed by atoms with Crippen molar-refractivity contribution in [2.75, 3.05) is 0 Å². The Kier molecular flexibility index (Phi) is 6.56. The fourth-order valence-electron chi connectivity index (χ4n) is 4.63. The third-order valence-electron chi connectivity index (χ3n) is 6.18. The van der Waals surface area contributed by atoms with Crippen molar-refractivity contribution in [3.63, 3.8) is 0 Å². The molecule has 1 amide bonds. The van der Waals surface area contributed by atoms with E-state index in [1.807, 2.05) is 58.0 Å². The van der Waals surface area contributed by atoms with Gasteiger partial charge in [0.05, 0.1) is 21.9 Å². The summed E-state index contributed by atoms with van der Waals surface area (Å²) >= 11 is 0. The number of fused-ring (bicyclic) bond motifs is 1. The number of nitrogens with zero attached hydrogens (tertiary/aromatic N) is 3. The lowest BCUT2D eigenvalue weighted by Crippen LogP contribution is -2.28. The highest BCUT2D eigenvalue weighted by molar-refractivity contribution is 6.00. The third-order valence-corrected chi connectivity index (χ3v) is 6.18. The molecule has 0 saturated heterocycles. The predicted molar refractivity (Wildman–Crippen MR) is 133 cm³/mol. The Hall–Kier alpha value is -3.81. The minimum Gasteiger partial charge on any atom is -0.348 e. The van der Waals surface area contributed by atoms with E-state index < -0.39 is 10.8 Å². The monoisotopic (exact) mass is 474 g/mol. The lowest BCUT2D eigenvalue weighted by molar-refractivity contribution is -0.384. The summed E-state index contributed by atoms with van der Waals surface area (Å²) < 4.78 is 1.55. The van der Waals surface area contributed by atoms with Gasteiger partial charge in [0.2, 0.25) is 0 Å². The van der Waals surface area contributed by atoms with Crippen LogP contribution in [0.3, 0.4) is 0 Å². The van der Waals surface area contributed by atoms with Gasteiger partial charge in [0.25, 0.3) is 11.6 Å². The van der Waals surface area contributed by atoms with Crippen molar-refractivity contribution in [3.05, 3.63) is 86.7 Å². The van der Waals surface area contributed by atoms with Crippen molar-refractivity contribution in [2.45, 2.75) is 53.5 Å². The number of nitro benzene ring substituents is 1. The molecule has 0 aliphatic heterocycles. The fourth-order valence-corrected chi connectivity index (χ4v) is 4.63. The minimum atomic E-state index is -0.505. The van der Waals surface area contributed by atoms with Crippen LogP contribution in [0.15, 0.2) is 48.5 Å². The molecule has 1 aliphatic rings. The number of ketones is 1. The second-order valence-electron chi connectivity index (χ2n) is 10.3. The zero-order valence-electron chi connectivity index (χ0n) is 20.5. The number of carbonyl (C=O) groups is 2. The van der Waals surface area contributed by atoms with Gasteiger partial charge in [0.15, 0.2) is 5.78 Å². The second-order valence-corrected chi connectivity index (χ2v) is 10.3. The Labute approximate surface area is 204 Å². The summed E-state index contributed by atoms with van der Waals surface area (Å²) in [5.74, 6) is -0.101. The molecular weight excluding hydrogens is 444 g/mol. The summed E-state index contributed by atoms with van der Waals surface area (Å²) in [6.07, 6.45) is 1.60. The molecule has 2 aromatic carbocycles. The van der Waals surface area contributed by atoms with E-state index >= 15 is 0 Å². The van der Waals surface area contributed by atoms with Crippen LogP contribution in [0, 0.1) is 21.4 Å². The number of nitrogens with one attached hydrogen (secondary N) is 1. The summed E-state index contributed by atoms with van der Waals surface area (Å²) in [4.78, 5) is 37.3. The highest BCUT2D eigenvalue weighted by Gasteiger charge is 2.37. The Bertz CT molecular complexity index is 1290. The zero-order valence-corrected chi connectivity index (χ0v) is 20.5. The Balaban J connectivity index is 1.74. The van der Waals surface area contributed by atoms with E-state index in [0.717, 1.165) is 5.56 Å². The highest BCUT2D eigenvalue weighted by atomic mass is 16.6. The number of nitro groups is 1. The number of benzene rings is 2. The van der Waals surface area contributed by atoms with Crippen molar-refractivity contribution in [1.82, 2.24) is 15.1 Å². The molecule has 1 aromatic heterocycles. The Morgan fingerprint density at radius 3 is 2.54 bits per heavy atom. The van der Waals surface area contributed by atoms with E-state index in [9.17, 15) is 19.7 Å². The first-order chi connectivity index (χ1) is 16.6. The van der Waals surface area contributed by atoms with Crippen molar-refractivity contribution >= 4 is 17.4 Å². The van der Waals surface area contributed by atoms with Crippen LogP contribution < -0.4 is 5.32 Å². The first-order valence-electron chi connectivity index (χ1n) is 11.8. The topological polar surface area (TPSA) is 107 Å². The van der Waals surface area contributed by atoms with E-state index in [2.05, 4.69) is 5.32 Å². The number of carbonyl (C=O) groups excluding carboxylic acids is 2. The number of Topliss-reactive ketones (excluding diaryl/α,β-unsaturated/α-hetero) is 1. The number of hydrogen-bond donors (Lipinski definition) is 1. The summed E-state index contributed by atoms with van der Waals surface area (Å²) in [7, 11) is 0. The zero-order chi connectivity index (χ0) is 25.3. The summed E-state index contributed by atoms with van der Waals surface area (Å²) in [6.45, 7) is 8.45. The molecule has 3 aromatic rings. The van der Waals surface area contributed by atoms with Crippen LogP contribution in [0.2, 0.25) is 0 Å². The molecule has 0 spiro atoms.